The zero-order chi connectivity index (χ0) is 15.5. The molecular weight excluding hydrogens is 278 g/mol. The van der Waals surface area contributed by atoms with Crippen molar-refractivity contribution in [1.82, 2.24) is 4.90 Å². The zero-order valence-electron chi connectivity index (χ0n) is 13.0. The molecule has 2 bridgehead atoms. The van der Waals surface area contributed by atoms with Gasteiger partial charge in [-0.15, -0.1) is 0 Å². The molecule has 1 amide bonds. The van der Waals surface area contributed by atoms with Crippen molar-refractivity contribution in [3.63, 3.8) is 0 Å². The van der Waals surface area contributed by atoms with E-state index < -0.39 is 0 Å². The summed E-state index contributed by atoms with van der Waals surface area (Å²) in [6.45, 7) is 3.06. The number of amides is 1. The van der Waals surface area contributed by atoms with Gasteiger partial charge in [0.05, 0.1) is 6.61 Å². The molecule has 1 aliphatic heterocycles. The minimum atomic E-state index is -0.0983. The van der Waals surface area contributed by atoms with Gasteiger partial charge >= 0.3 is 5.97 Å². The Morgan fingerprint density at radius 3 is 2.73 bits per heavy atom. The molecule has 3 rings (SSSR count). The number of nitrogens with zero attached hydrogens (tertiary/aromatic N) is 1. The molecule has 118 valence electrons. The van der Waals surface area contributed by atoms with Crippen molar-refractivity contribution < 1.29 is 14.3 Å². The maximum absolute atomic E-state index is 12.7. The van der Waals surface area contributed by atoms with Crippen molar-refractivity contribution in [3.8, 4) is 0 Å². The highest BCUT2D eigenvalue weighted by molar-refractivity contribution is 5.94. The molecule has 3 atom stereocenters. The monoisotopic (exact) mass is 301 g/mol. The normalized spacial score (nSPS) is 26.8. The molecule has 2 aliphatic rings. The number of hydrogen-bond acceptors (Lipinski definition) is 3. The van der Waals surface area contributed by atoms with Crippen molar-refractivity contribution in [1.29, 1.82) is 0 Å². The van der Waals surface area contributed by atoms with Crippen molar-refractivity contribution in [2.24, 2.45) is 11.8 Å². The summed E-state index contributed by atoms with van der Waals surface area (Å²) in [4.78, 5) is 26.4. The fourth-order valence-corrected chi connectivity index (χ4v) is 3.91. The summed E-state index contributed by atoms with van der Waals surface area (Å²) in [5.74, 6) is 0.836. The molecule has 1 saturated heterocycles. The highest BCUT2D eigenvalue weighted by Gasteiger charge is 2.43. The molecule has 1 aliphatic carbocycles. The third kappa shape index (κ3) is 3.01. The predicted octanol–water partition coefficient (Wildman–Crippen LogP) is 2.88. The molecule has 1 aromatic rings. The second-order valence-electron chi connectivity index (χ2n) is 6.32. The van der Waals surface area contributed by atoms with E-state index in [0.717, 1.165) is 31.4 Å². The van der Waals surface area contributed by atoms with Crippen molar-refractivity contribution in [3.05, 3.63) is 35.9 Å². The first-order valence-corrected chi connectivity index (χ1v) is 8.20. The minimum absolute atomic E-state index is 0.0983. The van der Waals surface area contributed by atoms with E-state index in [9.17, 15) is 9.59 Å². The second kappa shape index (κ2) is 6.51. The van der Waals surface area contributed by atoms with Gasteiger partial charge in [0, 0.05) is 24.6 Å². The molecule has 2 fully saturated rings. The molecule has 0 N–H and O–H groups in total. The number of ether oxygens (including phenoxy) is 1. The number of rotatable bonds is 4. The predicted molar refractivity (Wildman–Crippen MR) is 83.3 cm³/mol. The average molecular weight is 301 g/mol. The molecule has 4 nitrogen and oxygen atoms in total. The van der Waals surface area contributed by atoms with Gasteiger partial charge < -0.3 is 9.64 Å². The van der Waals surface area contributed by atoms with Gasteiger partial charge in [0.2, 0.25) is 0 Å². The van der Waals surface area contributed by atoms with Crippen molar-refractivity contribution in [2.45, 2.75) is 38.6 Å². The molecule has 22 heavy (non-hydrogen) atoms. The van der Waals surface area contributed by atoms with Crippen molar-refractivity contribution >= 4 is 11.9 Å². The van der Waals surface area contributed by atoms with E-state index in [2.05, 4.69) is 0 Å². The molecule has 4 heteroatoms. The Balaban J connectivity index is 1.65. The van der Waals surface area contributed by atoms with Gasteiger partial charge in [-0.05, 0) is 50.2 Å². The number of likely N-dealkylation sites (tertiary alicyclic amines) is 1. The Hall–Kier alpha value is -1.84. The van der Waals surface area contributed by atoms with Crippen LogP contribution in [0.5, 0.6) is 0 Å². The molecular formula is C18H23NO3. The Morgan fingerprint density at radius 2 is 2.00 bits per heavy atom. The third-order valence-electron chi connectivity index (χ3n) is 5.00. The van der Waals surface area contributed by atoms with Gasteiger partial charge in [-0.1, -0.05) is 18.2 Å². The van der Waals surface area contributed by atoms with E-state index in [0.29, 0.717) is 30.9 Å². The fourth-order valence-electron chi connectivity index (χ4n) is 3.91. The smallest absolute Gasteiger partial charge is 0.306 e. The van der Waals surface area contributed by atoms with E-state index in [1.807, 2.05) is 42.2 Å². The van der Waals surface area contributed by atoms with Crippen LogP contribution in [0.4, 0.5) is 0 Å². The van der Waals surface area contributed by atoms with E-state index >= 15 is 0 Å². The number of fused-ring (bicyclic) bond motifs is 2. The van der Waals surface area contributed by atoms with Gasteiger partial charge in [-0.3, -0.25) is 9.59 Å². The van der Waals surface area contributed by atoms with Crippen LogP contribution in [0.15, 0.2) is 30.3 Å². The van der Waals surface area contributed by atoms with Gasteiger partial charge in [0.25, 0.3) is 5.91 Å². The summed E-state index contributed by atoms with van der Waals surface area (Å²) in [7, 11) is 0. The third-order valence-corrected chi connectivity index (χ3v) is 5.00. The van der Waals surface area contributed by atoms with Crippen molar-refractivity contribution in [2.75, 3.05) is 13.2 Å². The van der Waals surface area contributed by atoms with Gasteiger partial charge in [0.1, 0.15) is 0 Å². The van der Waals surface area contributed by atoms with Crippen LogP contribution in [-0.2, 0) is 9.53 Å². The summed E-state index contributed by atoms with van der Waals surface area (Å²) in [5, 5.41) is 0. The van der Waals surface area contributed by atoms with E-state index in [4.69, 9.17) is 4.74 Å². The average Bonchev–Trinajstić information content (AvgIpc) is 2.89. The minimum Gasteiger partial charge on any atom is -0.466 e. The van der Waals surface area contributed by atoms with Crippen LogP contribution in [-0.4, -0.2) is 36.0 Å². The Kier molecular flexibility index (Phi) is 4.46. The Bertz CT molecular complexity index is 543. The molecule has 0 radical (unpaired) electrons. The number of esters is 1. The molecule has 0 aromatic heterocycles. The number of benzene rings is 1. The highest BCUT2D eigenvalue weighted by Crippen LogP contribution is 2.41. The van der Waals surface area contributed by atoms with Crippen LogP contribution in [0.25, 0.3) is 0 Å². The lowest BCUT2D eigenvalue weighted by atomic mass is 9.78. The maximum atomic E-state index is 12.7. The first-order valence-electron chi connectivity index (χ1n) is 8.20. The lowest BCUT2D eigenvalue weighted by Gasteiger charge is -2.28. The summed E-state index contributed by atoms with van der Waals surface area (Å²) < 4.78 is 5.08. The molecule has 1 saturated carbocycles. The topological polar surface area (TPSA) is 46.6 Å². The van der Waals surface area contributed by atoms with E-state index in [1.54, 1.807) is 0 Å². The van der Waals surface area contributed by atoms with Crippen LogP contribution >= 0.6 is 0 Å². The second-order valence-corrected chi connectivity index (χ2v) is 6.32. The SMILES string of the molecule is CCOC(=O)CC1CCC2CC1CN2C(=O)c1ccccc1. The fraction of sp³-hybridized carbons (Fsp3) is 0.556. The summed E-state index contributed by atoms with van der Waals surface area (Å²) in [6.07, 6.45) is 3.55. The summed E-state index contributed by atoms with van der Waals surface area (Å²) in [5.41, 5.74) is 0.761. The van der Waals surface area contributed by atoms with Crippen LogP contribution in [0.1, 0.15) is 43.0 Å². The standard InChI is InChI=1S/C18H23NO3/c1-2-22-17(20)11-14-8-9-16-10-15(14)12-19(16)18(21)13-6-4-3-5-7-13/h3-7,14-16H,2,8-12H2,1H3. The lowest BCUT2D eigenvalue weighted by Crippen LogP contribution is -2.35. The largest absolute Gasteiger partial charge is 0.466 e. The van der Waals surface area contributed by atoms with Gasteiger partial charge in [-0.2, -0.15) is 0 Å². The van der Waals surface area contributed by atoms with Crippen LogP contribution in [0, 0.1) is 11.8 Å². The Labute approximate surface area is 131 Å². The number of carbonyl (C=O) groups is 2. The molecule has 1 heterocycles. The summed E-state index contributed by atoms with van der Waals surface area (Å²) >= 11 is 0. The maximum Gasteiger partial charge on any atom is 0.306 e. The molecule has 3 unspecified atom stereocenters. The van der Waals surface area contributed by atoms with Crippen LogP contribution < -0.4 is 0 Å². The first-order chi connectivity index (χ1) is 10.7. The van der Waals surface area contributed by atoms with E-state index in [-0.39, 0.29) is 11.9 Å². The Morgan fingerprint density at radius 1 is 1.23 bits per heavy atom. The lowest BCUT2D eigenvalue weighted by molar-refractivity contribution is -0.144. The van der Waals surface area contributed by atoms with E-state index in [1.165, 1.54) is 0 Å². The van der Waals surface area contributed by atoms with Gasteiger partial charge in [-0.25, -0.2) is 0 Å². The quantitative estimate of drug-likeness (QED) is 0.803. The van der Waals surface area contributed by atoms with Crippen LogP contribution in [0.3, 0.4) is 0 Å². The van der Waals surface area contributed by atoms with Gasteiger partial charge in [0.15, 0.2) is 0 Å². The number of hydrogen-bond donors (Lipinski definition) is 0. The molecule has 1 aromatic carbocycles. The zero-order valence-corrected chi connectivity index (χ0v) is 13.0. The molecule has 0 spiro atoms. The summed E-state index contributed by atoms with van der Waals surface area (Å²) in [6, 6.07) is 9.82. The number of carbonyl (C=O) groups excluding carboxylic acids is 2. The first kappa shape index (κ1) is 15.1. The van der Waals surface area contributed by atoms with Crippen LogP contribution in [0.2, 0.25) is 0 Å². The highest BCUT2D eigenvalue weighted by atomic mass is 16.5.